The van der Waals surface area contributed by atoms with Crippen LogP contribution in [0.15, 0.2) is 42.6 Å². The lowest BCUT2D eigenvalue weighted by molar-refractivity contribution is -0.130. The second-order valence-corrected chi connectivity index (χ2v) is 5.36. The molecule has 0 spiro atoms. The fraction of sp³-hybridized carbons (Fsp3) is 0.263. The van der Waals surface area contributed by atoms with Gasteiger partial charge in [0.2, 0.25) is 6.10 Å². The second kappa shape index (κ2) is 8.06. The van der Waals surface area contributed by atoms with Crippen LogP contribution in [-0.2, 0) is 4.79 Å². The van der Waals surface area contributed by atoms with Crippen molar-refractivity contribution < 1.29 is 19.0 Å². The number of benzene rings is 1. The number of amides is 1. The van der Waals surface area contributed by atoms with Crippen molar-refractivity contribution in [3.63, 3.8) is 0 Å². The molecule has 1 amide bonds. The van der Waals surface area contributed by atoms with Crippen LogP contribution < -0.4 is 19.5 Å². The molecule has 1 aliphatic heterocycles. The predicted octanol–water partition coefficient (Wildman–Crippen LogP) is 1.73. The smallest absolute Gasteiger partial charge is 0.265 e. The number of rotatable bonds is 4. The Kier molecular flexibility index (Phi) is 5.37. The predicted molar refractivity (Wildman–Crippen MR) is 91.6 cm³/mol. The average molecular weight is 338 g/mol. The van der Waals surface area contributed by atoms with Crippen molar-refractivity contribution in [2.75, 3.05) is 19.8 Å². The number of carbonyl (C=O) groups is 1. The SMILES string of the molecule is Cc1ccc(OCC#CCNC(=O)C2COc3ccccc3O2)cn1. The largest absolute Gasteiger partial charge is 0.485 e. The Morgan fingerprint density at radius 3 is 2.92 bits per heavy atom. The average Bonchev–Trinajstić information content (AvgIpc) is 2.65. The lowest BCUT2D eigenvalue weighted by Gasteiger charge is -2.25. The lowest BCUT2D eigenvalue weighted by Crippen LogP contribution is -2.44. The molecule has 1 atom stereocenters. The number of carbonyl (C=O) groups excluding carboxylic acids is 1. The zero-order valence-electron chi connectivity index (χ0n) is 13.8. The highest BCUT2D eigenvalue weighted by molar-refractivity contribution is 5.82. The number of para-hydroxylation sites is 2. The van der Waals surface area contributed by atoms with Crippen molar-refractivity contribution in [1.82, 2.24) is 10.3 Å². The van der Waals surface area contributed by atoms with Crippen LogP contribution in [0.4, 0.5) is 0 Å². The van der Waals surface area contributed by atoms with Gasteiger partial charge in [0.1, 0.15) is 19.0 Å². The van der Waals surface area contributed by atoms with Gasteiger partial charge in [-0.2, -0.15) is 0 Å². The first-order chi connectivity index (χ1) is 12.2. The normalized spacial score (nSPS) is 14.8. The summed E-state index contributed by atoms with van der Waals surface area (Å²) in [4.78, 5) is 16.2. The number of hydrogen-bond acceptors (Lipinski definition) is 5. The summed E-state index contributed by atoms with van der Waals surface area (Å²) >= 11 is 0. The summed E-state index contributed by atoms with van der Waals surface area (Å²) in [6, 6.07) is 11.0. The fourth-order valence-corrected chi connectivity index (χ4v) is 2.17. The molecule has 0 bridgehead atoms. The summed E-state index contributed by atoms with van der Waals surface area (Å²) in [5.41, 5.74) is 0.928. The van der Waals surface area contributed by atoms with E-state index in [1.165, 1.54) is 0 Å². The minimum absolute atomic E-state index is 0.180. The molecule has 0 saturated carbocycles. The molecule has 2 heterocycles. The van der Waals surface area contributed by atoms with E-state index in [1.807, 2.05) is 31.2 Å². The van der Waals surface area contributed by atoms with Crippen LogP contribution >= 0.6 is 0 Å². The maximum atomic E-state index is 12.1. The van der Waals surface area contributed by atoms with Crippen LogP contribution in [0.25, 0.3) is 0 Å². The quantitative estimate of drug-likeness (QED) is 0.860. The van der Waals surface area contributed by atoms with E-state index < -0.39 is 6.10 Å². The van der Waals surface area contributed by atoms with Gasteiger partial charge in [-0.25, -0.2) is 0 Å². The van der Waals surface area contributed by atoms with E-state index in [0.717, 1.165) is 5.69 Å². The topological polar surface area (TPSA) is 69.7 Å². The summed E-state index contributed by atoms with van der Waals surface area (Å²) in [6.07, 6.45) is 0.975. The minimum atomic E-state index is -0.674. The van der Waals surface area contributed by atoms with E-state index in [-0.39, 0.29) is 25.7 Å². The number of fused-ring (bicyclic) bond motifs is 1. The maximum Gasteiger partial charge on any atom is 0.265 e. The molecule has 6 nitrogen and oxygen atoms in total. The lowest BCUT2D eigenvalue weighted by atomic mass is 10.2. The first-order valence-corrected chi connectivity index (χ1v) is 7.90. The van der Waals surface area contributed by atoms with E-state index in [2.05, 4.69) is 22.1 Å². The van der Waals surface area contributed by atoms with Crippen molar-refractivity contribution in [2.45, 2.75) is 13.0 Å². The first kappa shape index (κ1) is 16.7. The van der Waals surface area contributed by atoms with Gasteiger partial charge in [0.15, 0.2) is 11.5 Å². The zero-order valence-corrected chi connectivity index (χ0v) is 13.8. The Morgan fingerprint density at radius 2 is 2.12 bits per heavy atom. The van der Waals surface area contributed by atoms with Crippen molar-refractivity contribution >= 4 is 5.91 Å². The molecular weight excluding hydrogens is 320 g/mol. The van der Waals surface area contributed by atoms with E-state index in [9.17, 15) is 4.79 Å². The van der Waals surface area contributed by atoms with Gasteiger partial charge in [-0.1, -0.05) is 24.0 Å². The maximum absolute atomic E-state index is 12.1. The van der Waals surface area contributed by atoms with E-state index in [4.69, 9.17) is 14.2 Å². The van der Waals surface area contributed by atoms with Crippen molar-refractivity contribution in [2.24, 2.45) is 0 Å². The molecule has 1 N–H and O–H groups in total. The molecule has 25 heavy (non-hydrogen) atoms. The van der Waals surface area contributed by atoms with Gasteiger partial charge in [-0.15, -0.1) is 0 Å². The molecule has 1 unspecified atom stereocenters. The zero-order chi connectivity index (χ0) is 17.5. The van der Waals surface area contributed by atoms with Gasteiger partial charge in [-0.05, 0) is 31.2 Å². The Bertz CT molecular complexity index is 793. The Morgan fingerprint density at radius 1 is 1.28 bits per heavy atom. The third-order valence-electron chi connectivity index (χ3n) is 3.47. The number of pyridine rings is 1. The first-order valence-electron chi connectivity index (χ1n) is 7.90. The van der Waals surface area contributed by atoms with Crippen molar-refractivity contribution in [3.8, 4) is 29.1 Å². The van der Waals surface area contributed by atoms with Gasteiger partial charge >= 0.3 is 0 Å². The van der Waals surface area contributed by atoms with Crippen molar-refractivity contribution in [3.05, 3.63) is 48.3 Å². The van der Waals surface area contributed by atoms with E-state index in [0.29, 0.717) is 17.2 Å². The number of hydrogen-bond donors (Lipinski definition) is 1. The van der Waals surface area contributed by atoms with Crippen LogP contribution in [0.5, 0.6) is 17.2 Å². The fourth-order valence-electron chi connectivity index (χ4n) is 2.17. The number of nitrogens with zero attached hydrogens (tertiary/aromatic N) is 1. The minimum Gasteiger partial charge on any atom is -0.485 e. The van der Waals surface area contributed by atoms with Gasteiger partial charge < -0.3 is 19.5 Å². The molecule has 1 aromatic heterocycles. The number of aromatic nitrogens is 1. The Labute approximate surface area is 146 Å². The molecule has 128 valence electrons. The molecule has 0 aliphatic carbocycles. The summed E-state index contributed by atoms with van der Waals surface area (Å²) < 4.78 is 16.6. The highest BCUT2D eigenvalue weighted by atomic mass is 16.6. The van der Waals surface area contributed by atoms with Crippen LogP contribution in [0, 0.1) is 18.8 Å². The highest BCUT2D eigenvalue weighted by Crippen LogP contribution is 2.30. The van der Waals surface area contributed by atoms with Gasteiger partial charge in [0, 0.05) is 5.69 Å². The summed E-state index contributed by atoms with van der Waals surface area (Å²) in [5, 5.41) is 2.70. The Hall–Kier alpha value is -3.20. The third-order valence-corrected chi connectivity index (χ3v) is 3.47. The Balaban J connectivity index is 1.39. The van der Waals surface area contributed by atoms with Gasteiger partial charge in [0.05, 0.1) is 12.7 Å². The van der Waals surface area contributed by atoms with Crippen LogP contribution in [0.2, 0.25) is 0 Å². The summed E-state index contributed by atoms with van der Waals surface area (Å²) in [5.74, 6) is 7.29. The summed E-state index contributed by atoms with van der Waals surface area (Å²) in [7, 11) is 0. The molecule has 3 rings (SSSR count). The molecular formula is C19H18N2O4. The van der Waals surface area contributed by atoms with Crippen LogP contribution in [0.1, 0.15) is 5.69 Å². The van der Waals surface area contributed by atoms with Crippen LogP contribution in [-0.4, -0.2) is 36.8 Å². The molecule has 0 radical (unpaired) electrons. The van der Waals surface area contributed by atoms with E-state index >= 15 is 0 Å². The molecule has 1 aliphatic rings. The molecule has 0 fully saturated rings. The third kappa shape index (κ3) is 4.64. The molecule has 0 saturated heterocycles. The molecule has 6 heteroatoms. The summed E-state index contributed by atoms with van der Waals surface area (Å²) in [6.45, 7) is 2.54. The monoisotopic (exact) mass is 338 g/mol. The molecule has 2 aromatic rings. The van der Waals surface area contributed by atoms with E-state index in [1.54, 1.807) is 18.3 Å². The number of nitrogens with one attached hydrogen (secondary N) is 1. The van der Waals surface area contributed by atoms with Gasteiger partial charge in [0.25, 0.3) is 5.91 Å². The van der Waals surface area contributed by atoms with Crippen LogP contribution in [0.3, 0.4) is 0 Å². The highest BCUT2D eigenvalue weighted by Gasteiger charge is 2.26. The molecule has 1 aromatic carbocycles. The number of ether oxygens (including phenoxy) is 3. The van der Waals surface area contributed by atoms with Crippen molar-refractivity contribution in [1.29, 1.82) is 0 Å². The number of aryl methyl sites for hydroxylation is 1. The standard InChI is InChI=1S/C19H18N2O4/c1-14-8-9-15(12-21-14)23-11-5-4-10-20-19(22)18-13-24-16-6-2-3-7-17(16)25-18/h2-3,6-9,12,18H,10-11,13H2,1H3,(H,20,22). The second-order valence-electron chi connectivity index (χ2n) is 5.36. The van der Waals surface area contributed by atoms with Gasteiger partial charge in [-0.3, -0.25) is 9.78 Å².